The van der Waals surface area contributed by atoms with E-state index in [0.717, 1.165) is 6.42 Å². The minimum absolute atomic E-state index is 0.238. The first-order chi connectivity index (χ1) is 6.74. The normalized spacial score (nSPS) is 20.4. The summed E-state index contributed by atoms with van der Waals surface area (Å²) < 4.78 is 4.88. The van der Waals surface area contributed by atoms with Crippen molar-refractivity contribution >= 4 is 5.97 Å². The summed E-state index contributed by atoms with van der Waals surface area (Å²) in [6.45, 7) is 2.24. The first-order valence-corrected chi connectivity index (χ1v) is 5.66. The quantitative estimate of drug-likeness (QED) is 0.703. The smallest absolute Gasteiger partial charge is 0.322 e. The number of esters is 1. The monoisotopic (exact) mass is 199 g/mol. The molecule has 0 spiro atoms. The highest BCUT2D eigenvalue weighted by Crippen LogP contribution is 2.27. The first-order valence-electron chi connectivity index (χ1n) is 5.66. The summed E-state index contributed by atoms with van der Waals surface area (Å²) in [4.78, 5) is 11.3. The van der Waals surface area contributed by atoms with Gasteiger partial charge in [0.15, 0.2) is 0 Å². The second kappa shape index (κ2) is 6.02. The van der Waals surface area contributed by atoms with Crippen LogP contribution in [0.5, 0.6) is 0 Å². The number of ether oxygens (including phenoxy) is 1. The van der Waals surface area contributed by atoms with Crippen LogP contribution in [-0.2, 0) is 9.53 Å². The van der Waals surface area contributed by atoms with Gasteiger partial charge >= 0.3 is 5.97 Å². The summed E-state index contributed by atoms with van der Waals surface area (Å²) in [5, 5.41) is 0. The molecular formula is C11H21NO2. The van der Waals surface area contributed by atoms with Crippen LogP contribution in [-0.4, -0.2) is 18.6 Å². The van der Waals surface area contributed by atoms with Crippen molar-refractivity contribution in [3.05, 3.63) is 0 Å². The van der Waals surface area contributed by atoms with Crippen molar-refractivity contribution in [1.82, 2.24) is 0 Å². The number of carbonyl (C=O) groups excluding carboxylic acids is 1. The van der Waals surface area contributed by atoms with Crippen LogP contribution in [0, 0.1) is 5.92 Å². The molecule has 14 heavy (non-hydrogen) atoms. The van der Waals surface area contributed by atoms with Gasteiger partial charge in [-0.05, 0) is 19.3 Å². The average Bonchev–Trinajstić information content (AvgIpc) is 2.19. The summed E-state index contributed by atoms with van der Waals surface area (Å²) in [5.74, 6) is 0.404. The van der Waals surface area contributed by atoms with Gasteiger partial charge in [-0.2, -0.15) is 0 Å². The highest BCUT2D eigenvalue weighted by molar-refractivity contribution is 5.75. The van der Waals surface area contributed by atoms with Gasteiger partial charge in [-0.25, -0.2) is 0 Å². The van der Waals surface area contributed by atoms with Crippen LogP contribution in [0.1, 0.15) is 45.4 Å². The molecule has 0 bridgehead atoms. The second-order valence-corrected chi connectivity index (χ2v) is 4.10. The van der Waals surface area contributed by atoms with Crippen molar-refractivity contribution in [1.29, 1.82) is 0 Å². The molecule has 3 heteroatoms. The first kappa shape index (κ1) is 11.5. The lowest BCUT2D eigenvalue weighted by atomic mass is 9.85. The van der Waals surface area contributed by atoms with Gasteiger partial charge in [0.25, 0.3) is 0 Å². The molecule has 0 unspecified atom stereocenters. The molecule has 1 rings (SSSR count). The van der Waals surface area contributed by atoms with Crippen molar-refractivity contribution in [2.75, 3.05) is 6.61 Å². The van der Waals surface area contributed by atoms with Crippen LogP contribution in [0.3, 0.4) is 0 Å². The summed E-state index contributed by atoms with van der Waals surface area (Å²) in [5.41, 5.74) is 5.76. The molecule has 0 amide bonds. The molecule has 0 saturated heterocycles. The maximum Gasteiger partial charge on any atom is 0.322 e. The lowest BCUT2D eigenvalue weighted by molar-refractivity contribution is -0.145. The van der Waals surface area contributed by atoms with Gasteiger partial charge in [0.1, 0.15) is 6.04 Å². The van der Waals surface area contributed by atoms with Crippen molar-refractivity contribution in [2.24, 2.45) is 11.7 Å². The third-order valence-corrected chi connectivity index (χ3v) is 2.90. The number of carbonyl (C=O) groups is 1. The third-order valence-electron chi connectivity index (χ3n) is 2.90. The Hall–Kier alpha value is -0.570. The molecule has 0 heterocycles. The van der Waals surface area contributed by atoms with Crippen LogP contribution in [0.4, 0.5) is 0 Å². The molecule has 0 aliphatic heterocycles. The Labute approximate surface area is 86.0 Å². The van der Waals surface area contributed by atoms with E-state index < -0.39 is 6.04 Å². The third kappa shape index (κ3) is 3.66. The number of rotatable bonds is 4. The molecular weight excluding hydrogens is 178 g/mol. The highest BCUT2D eigenvalue weighted by Gasteiger charge is 2.21. The van der Waals surface area contributed by atoms with Gasteiger partial charge in [-0.1, -0.05) is 32.1 Å². The minimum Gasteiger partial charge on any atom is -0.465 e. The Kier molecular flexibility index (Phi) is 4.94. The molecule has 0 aromatic rings. The van der Waals surface area contributed by atoms with E-state index in [0.29, 0.717) is 12.5 Å². The van der Waals surface area contributed by atoms with Gasteiger partial charge < -0.3 is 10.5 Å². The van der Waals surface area contributed by atoms with Crippen LogP contribution in [0.2, 0.25) is 0 Å². The van der Waals surface area contributed by atoms with Gasteiger partial charge in [0, 0.05) is 0 Å². The average molecular weight is 199 g/mol. The van der Waals surface area contributed by atoms with Crippen molar-refractivity contribution in [3.8, 4) is 0 Å². The lowest BCUT2D eigenvalue weighted by Crippen LogP contribution is -2.34. The Morgan fingerprint density at radius 3 is 2.64 bits per heavy atom. The van der Waals surface area contributed by atoms with Gasteiger partial charge in [0.2, 0.25) is 0 Å². The molecule has 2 N–H and O–H groups in total. The fourth-order valence-electron chi connectivity index (χ4n) is 2.13. The Morgan fingerprint density at radius 1 is 1.43 bits per heavy atom. The van der Waals surface area contributed by atoms with E-state index in [1.807, 2.05) is 6.92 Å². The van der Waals surface area contributed by atoms with Gasteiger partial charge in [-0.15, -0.1) is 0 Å². The maximum absolute atomic E-state index is 11.3. The SMILES string of the molecule is CCOC(=O)[C@H](N)CC1CCCCC1. The minimum atomic E-state index is -0.405. The van der Waals surface area contributed by atoms with Crippen LogP contribution >= 0.6 is 0 Å². The molecule has 1 aliphatic carbocycles. The van der Waals surface area contributed by atoms with E-state index in [2.05, 4.69) is 0 Å². The Balaban J connectivity index is 2.24. The fourth-order valence-corrected chi connectivity index (χ4v) is 2.13. The Morgan fingerprint density at radius 2 is 2.07 bits per heavy atom. The summed E-state index contributed by atoms with van der Waals surface area (Å²) in [7, 11) is 0. The van der Waals surface area contributed by atoms with E-state index in [4.69, 9.17) is 10.5 Å². The summed E-state index contributed by atoms with van der Waals surface area (Å²) in [6.07, 6.45) is 7.19. The van der Waals surface area contributed by atoms with E-state index in [1.165, 1.54) is 32.1 Å². The molecule has 82 valence electrons. The predicted molar refractivity (Wildman–Crippen MR) is 55.8 cm³/mol. The molecule has 3 nitrogen and oxygen atoms in total. The van der Waals surface area contributed by atoms with E-state index in [1.54, 1.807) is 0 Å². The zero-order chi connectivity index (χ0) is 10.4. The standard InChI is InChI=1S/C11H21NO2/c1-2-14-11(13)10(12)8-9-6-4-3-5-7-9/h9-10H,2-8,12H2,1H3/t10-/m1/s1. The van der Waals surface area contributed by atoms with E-state index >= 15 is 0 Å². The highest BCUT2D eigenvalue weighted by atomic mass is 16.5. The van der Waals surface area contributed by atoms with Crippen molar-refractivity contribution in [3.63, 3.8) is 0 Å². The van der Waals surface area contributed by atoms with Crippen molar-refractivity contribution < 1.29 is 9.53 Å². The number of nitrogens with two attached hydrogens (primary N) is 1. The Bertz CT molecular complexity index is 176. The fraction of sp³-hybridized carbons (Fsp3) is 0.909. The summed E-state index contributed by atoms with van der Waals surface area (Å²) >= 11 is 0. The molecule has 0 aromatic heterocycles. The second-order valence-electron chi connectivity index (χ2n) is 4.10. The zero-order valence-electron chi connectivity index (χ0n) is 9.00. The molecule has 1 fully saturated rings. The molecule has 1 saturated carbocycles. The topological polar surface area (TPSA) is 52.3 Å². The van der Waals surface area contributed by atoms with E-state index in [-0.39, 0.29) is 5.97 Å². The maximum atomic E-state index is 11.3. The summed E-state index contributed by atoms with van der Waals surface area (Å²) in [6, 6.07) is -0.405. The zero-order valence-corrected chi connectivity index (χ0v) is 9.00. The van der Waals surface area contributed by atoms with Crippen molar-refractivity contribution in [2.45, 2.75) is 51.5 Å². The van der Waals surface area contributed by atoms with Crippen LogP contribution in [0.25, 0.3) is 0 Å². The number of hydrogen-bond donors (Lipinski definition) is 1. The largest absolute Gasteiger partial charge is 0.465 e. The predicted octanol–water partition coefficient (Wildman–Crippen LogP) is 1.85. The van der Waals surface area contributed by atoms with E-state index in [9.17, 15) is 4.79 Å². The lowest BCUT2D eigenvalue weighted by Gasteiger charge is -2.23. The molecule has 1 aliphatic rings. The van der Waals surface area contributed by atoms with Crippen LogP contribution in [0.15, 0.2) is 0 Å². The van der Waals surface area contributed by atoms with Gasteiger partial charge in [-0.3, -0.25) is 4.79 Å². The molecule has 0 aromatic carbocycles. The molecule has 1 atom stereocenters. The van der Waals surface area contributed by atoms with Crippen LogP contribution < -0.4 is 5.73 Å². The molecule has 0 radical (unpaired) electrons. The number of hydrogen-bond acceptors (Lipinski definition) is 3. The van der Waals surface area contributed by atoms with Gasteiger partial charge in [0.05, 0.1) is 6.61 Å².